The van der Waals surface area contributed by atoms with E-state index < -0.39 is 0 Å². The average Bonchev–Trinajstić information content (AvgIpc) is 3.69. The van der Waals surface area contributed by atoms with Gasteiger partial charge >= 0.3 is 0 Å². The third kappa shape index (κ3) is 33.8. The molecule has 0 aliphatic carbocycles. The molecule has 2 atom stereocenters. The summed E-state index contributed by atoms with van der Waals surface area (Å²) in [6.07, 6.45) is 67.6. The largest absolute Gasteiger partial charge is 0.332 e. The first-order chi connectivity index (χ1) is 27.2. The van der Waals surface area contributed by atoms with Crippen LogP contribution in [0.4, 0.5) is 0 Å². The molecule has 55 heavy (non-hydrogen) atoms. The third-order valence-corrected chi connectivity index (χ3v) is 13.1. The summed E-state index contributed by atoms with van der Waals surface area (Å²) in [5.41, 5.74) is 0. The SMILES string of the molecule is CCCCCCCCCCCCCCCCCCC(CCCCCCCCCCCCCC)c1nccn1C(C)CCCCCCCCCCCCCCC. The lowest BCUT2D eigenvalue weighted by atomic mass is 9.92. The summed E-state index contributed by atoms with van der Waals surface area (Å²) in [6, 6.07) is 0.584. The van der Waals surface area contributed by atoms with Crippen molar-refractivity contribution < 1.29 is 0 Å². The molecule has 1 rings (SSSR count). The molecule has 0 aliphatic rings. The maximum atomic E-state index is 5.08. The number of hydrogen-bond donors (Lipinski definition) is 0. The van der Waals surface area contributed by atoms with Crippen LogP contribution < -0.4 is 0 Å². The van der Waals surface area contributed by atoms with E-state index in [1.165, 1.54) is 288 Å². The van der Waals surface area contributed by atoms with Gasteiger partial charge in [0, 0.05) is 24.4 Å². The smallest absolute Gasteiger partial charge is 0.111 e. The number of hydrogen-bond acceptors (Lipinski definition) is 1. The molecule has 1 aromatic rings. The molecule has 0 fully saturated rings. The third-order valence-electron chi connectivity index (χ3n) is 13.1. The van der Waals surface area contributed by atoms with E-state index in [-0.39, 0.29) is 0 Å². The van der Waals surface area contributed by atoms with Gasteiger partial charge in [-0.05, 0) is 26.2 Å². The predicted octanol–water partition coefficient (Wildman–Crippen LogP) is 19.8. The van der Waals surface area contributed by atoms with Gasteiger partial charge in [-0.1, -0.05) is 284 Å². The zero-order valence-corrected chi connectivity index (χ0v) is 38.8. The van der Waals surface area contributed by atoms with E-state index in [2.05, 4.69) is 44.7 Å². The maximum Gasteiger partial charge on any atom is 0.111 e. The molecule has 1 aromatic heterocycles. The highest BCUT2D eigenvalue weighted by Crippen LogP contribution is 2.31. The van der Waals surface area contributed by atoms with Crippen LogP contribution in [0.25, 0.3) is 0 Å². The lowest BCUT2D eigenvalue weighted by Gasteiger charge is -2.22. The number of nitrogens with zero attached hydrogens (tertiary/aromatic N) is 2. The molecule has 0 radical (unpaired) electrons. The molecule has 1 heterocycles. The van der Waals surface area contributed by atoms with E-state index in [4.69, 9.17) is 4.98 Å². The molecule has 2 nitrogen and oxygen atoms in total. The van der Waals surface area contributed by atoms with E-state index in [9.17, 15) is 0 Å². The summed E-state index contributed by atoms with van der Waals surface area (Å²) in [4.78, 5) is 5.08. The van der Waals surface area contributed by atoms with E-state index in [1.54, 1.807) is 0 Å². The normalized spacial score (nSPS) is 12.9. The van der Waals surface area contributed by atoms with Crippen LogP contribution in [-0.2, 0) is 0 Å². The summed E-state index contributed by atoms with van der Waals surface area (Å²) < 4.78 is 2.61. The zero-order chi connectivity index (χ0) is 39.5. The molecule has 0 saturated carbocycles. The Hall–Kier alpha value is -0.790. The van der Waals surface area contributed by atoms with E-state index in [0.717, 1.165) is 0 Å². The fourth-order valence-corrected chi connectivity index (χ4v) is 9.18. The lowest BCUT2D eigenvalue weighted by Crippen LogP contribution is -2.13. The van der Waals surface area contributed by atoms with Crippen LogP contribution >= 0.6 is 0 Å². The Morgan fingerprint density at radius 1 is 0.345 bits per heavy atom. The van der Waals surface area contributed by atoms with E-state index in [1.807, 2.05) is 0 Å². The molecule has 2 unspecified atom stereocenters. The number of unbranched alkanes of at least 4 members (excludes halogenated alkanes) is 38. The van der Waals surface area contributed by atoms with Gasteiger partial charge in [-0.3, -0.25) is 0 Å². The summed E-state index contributed by atoms with van der Waals surface area (Å²) in [5.74, 6) is 2.07. The predicted molar refractivity (Wildman–Crippen MR) is 250 cm³/mol. The molecule has 326 valence electrons. The van der Waals surface area contributed by atoms with Gasteiger partial charge in [-0.2, -0.15) is 0 Å². The van der Waals surface area contributed by atoms with Gasteiger partial charge in [0.1, 0.15) is 5.82 Å². The summed E-state index contributed by atoms with van der Waals surface area (Å²) >= 11 is 0. The first-order valence-corrected chi connectivity index (χ1v) is 26.3. The standard InChI is InChI=1S/C53H104N2/c1-5-8-11-14-17-20-23-26-27-28-30-33-36-39-42-45-48-52(47-44-41-38-35-32-25-22-19-16-13-10-7-3)53-54-49-50-55(53)51(4)46-43-40-37-34-31-29-24-21-18-15-12-9-6-2/h49-52H,5-48H2,1-4H3. The average molecular weight is 769 g/mol. The van der Waals surface area contributed by atoms with Crippen LogP contribution in [-0.4, -0.2) is 9.55 Å². The highest BCUT2D eigenvalue weighted by atomic mass is 15.1. The molecule has 0 spiro atoms. The van der Waals surface area contributed by atoms with Gasteiger partial charge in [0.05, 0.1) is 0 Å². The fourth-order valence-electron chi connectivity index (χ4n) is 9.18. The summed E-state index contributed by atoms with van der Waals surface area (Å²) in [6.45, 7) is 9.42. The van der Waals surface area contributed by atoms with Gasteiger partial charge in [-0.25, -0.2) is 4.98 Å². The van der Waals surface area contributed by atoms with Gasteiger partial charge < -0.3 is 4.57 Å². The van der Waals surface area contributed by atoms with Gasteiger partial charge in [0.2, 0.25) is 0 Å². The molecule has 0 saturated heterocycles. The minimum absolute atomic E-state index is 0.584. The second kappa shape index (κ2) is 42.8. The van der Waals surface area contributed by atoms with Crippen LogP contribution in [0.2, 0.25) is 0 Å². The molecule has 2 heteroatoms. The van der Waals surface area contributed by atoms with Crippen LogP contribution in [0, 0.1) is 0 Å². The molecular formula is C53H104N2. The molecule has 0 bridgehead atoms. The van der Waals surface area contributed by atoms with E-state index in [0.29, 0.717) is 12.0 Å². The molecular weight excluding hydrogens is 665 g/mol. The van der Waals surface area contributed by atoms with Crippen molar-refractivity contribution >= 4 is 0 Å². The molecule has 0 amide bonds. The van der Waals surface area contributed by atoms with Gasteiger partial charge in [0.15, 0.2) is 0 Å². The van der Waals surface area contributed by atoms with Gasteiger partial charge in [0.25, 0.3) is 0 Å². The van der Waals surface area contributed by atoms with E-state index >= 15 is 0 Å². The van der Waals surface area contributed by atoms with Crippen LogP contribution in [0.15, 0.2) is 12.4 Å². The molecule has 0 N–H and O–H groups in total. The van der Waals surface area contributed by atoms with Crippen molar-refractivity contribution in [2.45, 2.75) is 322 Å². The van der Waals surface area contributed by atoms with Crippen molar-refractivity contribution in [3.05, 3.63) is 18.2 Å². The first-order valence-electron chi connectivity index (χ1n) is 26.3. The first kappa shape index (κ1) is 52.2. The maximum absolute atomic E-state index is 5.08. The van der Waals surface area contributed by atoms with Crippen molar-refractivity contribution in [1.29, 1.82) is 0 Å². The Morgan fingerprint density at radius 3 is 0.855 bits per heavy atom. The van der Waals surface area contributed by atoms with Crippen molar-refractivity contribution in [1.82, 2.24) is 9.55 Å². The van der Waals surface area contributed by atoms with Crippen LogP contribution in [0.1, 0.15) is 328 Å². The number of imidazole rings is 1. The molecule has 0 aliphatic heterocycles. The van der Waals surface area contributed by atoms with Crippen LogP contribution in [0.5, 0.6) is 0 Å². The van der Waals surface area contributed by atoms with Crippen molar-refractivity contribution in [2.75, 3.05) is 0 Å². The van der Waals surface area contributed by atoms with Crippen LogP contribution in [0.3, 0.4) is 0 Å². The minimum atomic E-state index is 0.584. The Bertz CT molecular complexity index is 843. The Labute approximate surface area is 348 Å². The summed E-state index contributed by atoms with van der Waals surface area (Å²) in [7, 11) is 0. The number of aromatic nitrogens is 2. The quantitative estimate of drug-likeness (QED) is 0.0604. The number of rotatable bonds is 46. The van der Waals surface area contributed by atoms with Crippen molar-refractivity contribution in [3.63, 3.8) is 0 Å². The zero-order valence-electron chi connectivity index (χ0n) is 38.8. The highest BCUT2D eigenvalue weighted by molar-refractivity contribution is 5.02. The Balaban J connectivity index is 2.35. The van der Waals surface area contributed by atoms with Crippen molar-refractivity contribution in [2.24, 2.45) is 0 Å². The Kier molecular flexibility index (Phi) is 40.6. The second-order valence-electron chi connectivity index (χ2n) is 18.5. The monoisotopic (exact) mass is 769 g/mol. The lowest BCUT2D eigenvalue weighted by molar-refractivity contribution is 0.412. The van der Waals surface area contributed by atoms with Crippen molar-refractivity contribution in [3.8, 4) is 0 Å². The fraction of sp³-hybridized carbons (Fsp3) is 0.943. The minimum Gasteiger partial charge on any atom is -0.332 e. The molecule has 0 aromatic carbocycles. The Morgan fingerprint density at radius 2 is 0.582 bits per heavy atom. The topological polar surface area (TPSA) is 17.8 Å². The van der Waals surface area contributed by atoms with Gasteiger partial charge in [-0.15, -0.1) is 0 Å². The summed E-state index contributed by atoms with van der Waals surface area (Å²) in [5, 5.41) is 0. The second-order valence-corrected chi connectivity index (χ2v) is 18.5. The highest BCUT2D eigenvalue weighted by Gasteiger charge is 2.19.